The van der Waals surface area contributed by atoms with Crippen LogP contribution in [0.15, 0.2) is 24.5 Å². The van der Waals surface area contributed by atoms with Crippen molar-refractivity contribution >= 4 is 0 Å². The number of hydrogen-bond donors (Lipinski definition) is 1. The fraction of sp³-hybridized carbons (Fsp3) is 0.429. The van der Waals surface area contributed by atoms with Crippen LogP contribution in [0.1, 0.15) is 23.9 Å². The molecule has 1 aliphatic heterocycles. The summed E-state index contributed by atoms with van der Waals surface area (Å²) >= 11 is 0. The van der Waals surface area contributed by atoms with E-state index in [0.29, 0.717) is 19.5 Å². The molecule has 7 heteroatoms. The third-order valence-electron chi connectivity index (χ3n) is 3.71. The van der Waals surface area contributed by atoms with Gasteiger partial charge in [-0.3, -0.25) is 4.90 Å². The van der Waals surface area contributed by atoms with Crippen LogP contribution in [0.2, 0.25) is 0 Å². The Hall–Kier alpha value is -1.86. The Labute approximate surface area is 120 Å². The Morgan fingerprint density at radius 1 is 1.19 bits per heavy atom. The molecule has 0 saturated heterocycles. The van der Waals surface area contributed by atoms with Gasteiger partial charge in [-0.2, -0.15) is 0 Å². The number of aliphatic hydroxyl groups is 1. The lowest BCUT2D eigenvalue weighted by Crippen LogP contribution is -2.34. The highest BCUT2D eigenvalue weighted by Gasteiger charge is 2.19. The second-order valence-electron chi connectivity index (χ2n) is 5.22. The predicted molar refractivity (Wildman–Crippen MR) is 71.2 cm³/mol. The van der Waals surface area contributed by atoms with E-state index in [4.69, 9.17) is 0 Å². The first-order valence-electron chi connectivity index (χ1n) is 6.85. The van der Waals surface area contributed by atoms with Gasteiger partial charge in [0, 0.05) is 25.7 Å². The molecule has 112 valence electrons. The van der Waals surface area contributed by atoms with Gasteiger partial charge in [0.2, 0.25) is 0 Å². The minimum atomic E-state index is -0.880. The first-order chi connectivity index (χ1) is 10.1. The van der Waals surface area contributed by atoms with Gasteiger partial charge in [-0.05, 0) is 24.1 Å². The quantitative estimate of drug-likeness (QED) is 0.928. The molecule has 0 amide bonds. The van der Waals surface area contributed by atoms with E-state index in [1.807, 2.05) is 4.57 Å². The largest absolute Gasteiger partial charge is 0.388 e. The summed E-state index contributed by atoms with van der Waals surface area (Å²) in [5.74, 6) is -0.446. The molecule has 1 aromatic carbocycles. The van der Waals surface area contributed by atoms with Crippen LogP contribution in [0.3, 0.4) is 0 Å². The van der Waals surface area contributed by atoms with E-state index in [1.165, 1.54) is 12.1 Å². The number of aromatic nitrogens is 3. The summed E-state index contributed by atoms with van der Waals surface area (Å²) in [6, 6.07) is 3.13. The van der Waals surface area contributed by atoms with Crippen molar-refractivity contribution in [2.75, 3.05) is 13.1 Å². The van der Waals surface area contributed by atoms with Gasteiger partial charge in [0.05, 0.1) is 12.6 Å². The molecule has 0 aliphatic carbocycles. The lowest BCUT2D eigenvalue weighted by molar-refractivity contribution is 0.129. The number of halogens is 2. The van der Waals surface area contributed by atoms with E-state index in [2.05, 4.69) is 15.1 Å². The second-order valence-corrected chi connectivity index (χ2v) is 5.22. The van der Waals surface area contributed by atoms with E-state index < -0.39 is 17.7 Å². The van der Waals surface area contributed by atoms with Crippen molar-refractivity contribution in [3.63, 3.8) is 0 Å². The molecule has 2 heterocycles. The summed E-state index contributed by atoms with van der Waals surface area (Å²) in [7, 11) is 0. The highest BCUT2D eigenvalue weighted by molar-refractivity contribution is 5.20. The molecule has 0 saturated carbocycles. The Kier molecular flexibility index (Phi) is 3.94. The lowest BCUT2D eigenvalue weighted by atomic mass is 10.1. The van der Waals surface area contributed by atoms with Gasteiger partial charge in [-0.1, -0.05) is 0 Å². The zero-order valence-corrected chi connectivity index (χ0v) is 11.4. The number of rotatable bonds is 4. The number of aliphatic hydroxyl groups excluding tert-OH is 1. The van der Waals surface area contributed by atoms with E-state index >= 15 is 0 Å². The van der Waals surface area contributed by atoms with Crippen LogP contribution in [0, 0.1) is 11.6 Å². The van der Waals surface area contributed by atoms with Crippen LogP contribution in [-0.2, 0) is 13.1 Å². The Balaban J connectivity index is 1.58. The zero-order valence-electron chi connectivity index (χ0n) is 11.4. The Bertz CT molecular complexity index is 611. The molecule has 1 aliphatic rings. The zero-order chi connectivity index (χ0) is 14.8. The van der Waals surface area contributed by atoms with Gasteiger partial charge >= 0.3 is 0 Å². The van der Waals surface area contributed by atoms with Crippen LogP contribution in [0.25, 0.3) is 0 Å². The van der Waals surface area contributed by atoms with Crippen LogP contribution < -0.4 is 0 Å². The topological polar surface area (TPSA) is 54.2 Å². The molecule has 3 rings (SSSR count). The molecule has 1 unspecified atom stereocenters. The molecule has 21 heavy (non-hydrogen) atoms. The van der Waals surface area contributed by atoms with Gasteiger partial charge in [0.1, 0.15) is 23.8 Å². The minimum Gasteiger partial charge on any atom is -0.388 e. The molecule has 0 spiro atoms. The highest BCUT2D eigenvalue weighted by atomic mass is 19.1. The van der Waals surface area contributed by atoms with Crippen molar-refractivity contribution < 1.29 is 13.9 Å². The molecule has 2 aromatic rings. The Morgan fingerprint density at radius 2 is 1.95 bits per heavy atom. The first kappa shape index (κ1) is 14.1. The van der Waals surface area contributed by atoms with Crippen molar-refractivity contribution in [3.8, 4) is 0 Å². The molecule has 1 aromatic heterocycles. The first-order valence-corrected chi connectivity index (χ1v) is 6.85. The lowest BCUT2D eigenvalue weighted by Gasteiger charge is -2.27. The van der Waals surface area contributed by atoms with Gasteiger partial charge in [0.25, 0.3) is 0 Å². The normalized spacial score (nSPS) is 16.7. The average molecular weight is 294 g/mol. The average Bonchev–Trinajstić information content (AvgIpc) is 2.91. The molecule has 0 radical (unpaired) electrons. The van der Waals surface area contributed by atoms with Crippen molar-refractivity contribution in [1.29, 1.82) is 0 Å². The molecule has 0 fully saturated rings. The van der Waals surface area contributed by atoms with Gasteiger partial charge in [-0.25, -0.2) is 8.78 Å². The summed E-state index contributed by atoms with van der Waals surface area (Å²) in [4.78, 5) is 2.14. The number of hydrogen-bond acceptors (Lipinski definition) is 4. The highest BCUT2D eigenvalue weighted by Crippen LogP contribution is 2.20. The fourth-order valence-electron chi connectivity index (χ4n) is 2.55. The summed E-state index contributed by atoms with van der Waals surface area (Å²) in [5, 5.41) is 17.9. The van der Waals surface area contributed by atoms with E-state index in [-0.39, 0.29) is 5.56 Å². The van der Waals surface area contributed by atoms with Gasteiger partial charge < -0.3 is 9.67 Å². The second kappa shape index (κ2) is 5.87. The third kappa shape index (κ3) is 3.25. The Morgan fingerprint density at radius 3 is 2.71 bits per heavy atom. The minimum absolute atomic E-state index is 0.271. The number of nitrogens with zero attached hydrogens (tertiary/aromatic N) is 4. The van der Waals surface area contributed by atoms with E-state index in [0.717, 1.165) is 25.0 Å². The SMILES string of the molecule is OC(CCN1CCn2cnnc2C1)c1cc(F)cc(F)c1. The van der Waals surface area contributed by atoms with Crippen molar-refractivity contribution in [2.45, 2.75) is 25.6 Å². The van der Waals surface area contributed by atoms with Gasteiger partial charge in [-0.15, -0.1) is 10.2 Å². The summed E-state index contributed by atoms with van der Waals surface area (Å²) in [5.41, 5.74) is 0.271. The molecular formula is C14H16F2N4O. The molecule has 0 bridgehead atoms. The predicted octanol–water partition coefficient (Wildman–Crippen LogP) is 1.50. The van der Waals surface area contributed by atoms with Crippen molar-refractivity contribution in [1.82, 2.24) is 19.7 Å². The smallest absolute Gasteiger partial charge is 0.147 e. The maximum atomic E-state index is 13.1. The summed E-state index contributed by atoms with van der Waals surface area (Å²) in [6.45, 7) is 2.96. The molecule has 1 atom stereocenters. The summed E-state index contributed by atoms with van der Waals surface area (Å²) < 4.78 is 28.3. The van der Waals surface area contributed by atoms with E-state index in [1.54, 1.807) is 6.33 Å². The van der Waals surface area contributed by atoms with Crippen LogP contribution in [0.5, 0.6) is 0 Å². The maximum absolute atomic E-state index is 13.1. The molecule has 1 N–H and O–H groups in total. The van der Waals surface area contributed by atoms with Crippen LogP contribution in [0.4, 0.5) is 8.78 Å². The summed E-state index contributed by atoms with van der Waals surface area (Å²) in [6.07, 6.45) is 1.24. The fourth-order valence-corrected chi connectivity index (χ4v) is 2.55. The van der Waals surface area contributed by atoms with Crippen LogP contribution in [-0.4, -0.2) is 37.9 Å². The van der Waals surface area contributed by atoms with E-state index in [9.17, 15) is 13.9 Å². The standard InChI is InChI=1S/C14H16F2N4O/c15-11-5-10(6-12(16)7-11)13(21)1-2-19-3-4-20-9-17-18-14(20)8-19/h5-7,9,13,21H,1-4,8H2. The molecule has 5 nitrogen and oxygen atoms in total. The van der Waals surface area contributed by atoms with Crippen molar-refractivity contribution in [2.24, 2.45) is 0 Å². The molecular weight excluding hydrogens is 278 g/mol. The van der Waals surface area contributed by atoms with Crippen LogP contribution >= 0.6 is 0 Å². The van der Waals surface area contributed by atoms with Crippen molar-refractivity contribution in [3.05, 3.63) is 47.5 Å². The number of benzene rings is 1. The van der Waals surface area contributed by atoms with Gasteiger partial charge in [0.15, 0.2) is 0 Å². The third-order valence-corrected chi connectivity index (χ3v) is 3.71. The monoisotopic (exact) mass is 294 g/mol. The maximum Gasteiger partial charge on any atom is 0.147 e. The number of fused-ring (bicyclic) bond motifs is 1.